The number of hydrogen-bond acceptors (Lipinski definition) is 5. The third-order valence-corrected chi connectivity index (χ3v) is 5.36. The van der Waals surface area contributed by atoms with Crippen molar-refractivity contribution in [2.45, 2.75) is 12.6 Å². The minimum Gasteiger partial charge on any atom is -0.507 e. The van der Waals surface area contributed by atoms with E-state index in [0.717, 1.165) is 0 Å². The van der Waals surface area contributed by atoms with Gasteiger partial charge in [0.2, 0.25) is 0 Å². The third-order valence-electron chi connectivity index (χ3n) is 5.13. The van der Waals surface area contributed by atoms with Gasteiger partial charge >= 0.3 is 0 Å². The summed E-state index contributed by atoms with van der Waals surface area (Å²) in [5.41, 5.74) is 1.67. The average molecular weight is 435 g/mol. The smallest absolute Gasteiger partial charge is 0.296 e. The Balaban J connectivity index is 1.86. The van der Waals surface area contributed by atoms with Gasteiger partial charge in [-0.2, -0.15) is 0 Å². The first-order valence-electron chi connectivity index (χ1n) is 9.58. The Morgan fingerprint density at radius 2 is 1.87 bits per heavy atom. The number of benzene rings is 2. The molecule has 1 aliphatic heterocycles. The lowest BCUT2D eigenvalue weighted by Gasteiger charge is -2.25. The van der Waals surface area contributed by atoms with Crippen molar-refractivity contribution in [3.8, 4) is 5.75 Å². The molecule has 3 aromatic rings. The summed E-state index contributed by atoms with van der Waals surface area (Å²) >= 11 is 6.07. The number of halogens is 1. The van der Waals surface area contributed by atoms with E-state index in [1.54, 1.807) is 74.0 Å². The third kappa shape index (κ3) is 4.02. The van der Waals surface area contributed by atoms with Crippen LogP contribution in [-0.2, 0) is 16.1 Å². The van der Waals surface area contributed by atoms with Crippen LogP contribution in [0.1, 0.15) is 22.9 Å². The largest absolute Gasteiger partial charge is 0.507 e. The van der Waals surface area contributed by atoms with Gasteiger partial charge < -0.3 is 14.7 Å². The molecule has 4 rings (SSSR count). The lowest BCUT2D eigenvalue weighted by molar-refractivity contribution is -0.140. The first-order valence-corrected chi connectivity index (χ1v) is 9.95. The highest BCUT2D eigenvalue weighted by molar-refractivity contribution is 6.46. The van der Waals surface area contributed by atoms with Crippen molar-refractivity contribution in [2.24, 2.45) is 0 Å². The molecule has 0 aliphatic carbocycles. The topological polar surface area (TPSA) is 79.7 Å². The van der Waals surface area contributed by atoms with Gasteiger partial charge in [-0.1, -0.05) is 41.9 Å². The van der Waals surface area contributed by atoms with E-state index in [9.17, 15) is 14.7 Å². The van der Waals surface area contributed by atoms with E-state index in [4.69, 9.17) is 16.3 Å². The number of nitrogens with zero attached hydrogens (tertiary/aromatic N) is 2. The molecule has 1 atom stereocenters. The van der Waals surface area contributed by atoms with Gasteiger partial charge in [-0.3, -0.25) is 14.6 Å². The molecule has 1 fully saturated rings. The van der Waals surface area contributed by atoms with Crippen molar-refractivity contribution in [1.29, 1.82) is 0 Å². The molecule has 1 aromatic heterocycles. The minimum absolute atomic E-state index is 0.00775. The quantitative estimate of drug-likeness (QED) is 0.366. The highest BCUT2D eigenvalue weighted by atomic mass is 35.5. The predicted molar refractivity (Wildman–Crippen MR) is 117 cm³/mol. The Labute approximate surface area is 184 Å². The van der Waals surface area contributed by atoms with E-state index >= 15 is 0 Å². The Kier molecular flexibility index (Phi) is 5.73. The highest BCUT2D eigenvalue weighted by Crippen LogP contribution is 2.40. The van der Waals surface area contributed by atoms with Gasteiger partial charge in [-0.05, 0) is 42.0 Å². The molecule has 2 aromatic carbocycles. The molecule has 1 amide bonds. The van der Waals surface area contributed by atoms with Crippen LogP contribution < -0.4 is 4.74 Å². The molecular formula is C24H19ClN2O4. The Morgan fingerprint density at radius 1 is 1.10 bits per heavy atom. The average Bonchev–Trinajstić information content (AvgIpc) is 3.04. The molecule has 1 aliphatic rings. The van der Waals surface area contributed by atoms with Crippen molar-refractivity contribution < 1.29 is 19.4 Å². The number of Topliss-reactive ketones (excluding diaryl/α,β-unsaturated/α-hetero) is 1. The van der Waals surface area contributed by atoms with Gasteiger partial charge in [0.1, 0.15) is 11.5 Å². The van der Waals surface area contributed by atoms with Crippen LogP contribution >= 0.6 is 11.6 Å². The fraction of sp³-hybridized carbons (Fsp3) is 0.125. The van der Waals surface area contributed by atoms with Gasteiger partial charge in [0.05, 0.1) is 31.0 Å². The van der Waals surface area contributed by atoms with Crippen molar-refractivity contribution in [1.82, 2.24) is 9.88 Å². The molecule has 156 valence electrons. The second-order valence-corrected chi connectivity index (χ2v) is 7.47. The number of pyridine rings is 1. The zero-order valence-electron chi connectivity index (χ0n) is 16.7. The maximum absolute atomic E-state index is 13.0. The van der Waals surface area contributed by atoms with Crippen LogP contribution in [0.2, 0.25) is 5.02 Å². The number of ether oxygens (including phenoxy) is 1. The number of carbonyl (C=O) groups is 2. The van der Waals surface area contributed by atoms with Crippen LogP contribution in [0.15, 0.2) is 78.5 Å². The first kappa shape index (κ1) is 20.6. The van der Waals surface area contributed by atoms with Gasteiger partial charge in [-0.15, -0.1) is 0 Å². The van der Waals surface area contributed by atoms with E-state index in [1.165, 1.54) is 4.90 Å². The fourth-order valence-corrected chi connectivity index (χ4v) is 3.82. The van der Waals surface area contributed by atoms with Crippen LogP contribution in [-0.4, -0.2) is 33.8 Å². The minimum atomic E-state index is -0.785. The van der Waals surface area contributed by atoms with Crippen molar-refractivity contribution >= 4 is 29.1 Å². The van der Waals surface area contributed by atoms with Gasteiger partial charge in [0.15, 0.2) is 0 Å². The maximum Gasteiger partial charge on any atom is 0.296 e. The summed E-state index contributed by atoms with van der Waals surface area (Å²) in [6.45, 7) is 0.119. The summed E-state index contributed by atoms with van der Waals surface area (Å²) in [5, 5.41) is 11.4. The standard InChI is InChI=1S/C24H19ClN2O4/c1-31-19-10-8-15(9-11-19)21-20(22(28)16-5-4-6-17(25)13-16)23(29)24(30)27(21)14-18-7-2-3-12-26-18/h2-13,21,28H,14H2,1H3/b22-20-. The van der Waals surface area contributed by atoms with Crippen LogP contribution in [0, 0.1) is 0 Å². The monoisotopic (exact) mass is 434 g/mol. The van der Waals surface area contributed by atoms with Crippen molar-refractivity contribution in [2.75, 3.05) is 7.11 Å². The van der Waals surface area contributed by atoms with Crippen LogP contribution in [0.5, 0.6) is 5.75 Å². The molecule has 6 nitrogen and oxygen atoms in total. The van der Waals surface area contributed by atoms with Gasteiger partial charge in [0, 0.05) is 16.8 Å². The van der Waals surface area contributed by atoms with Crippen LogP contribution in [0.25, 0.3) is 5.76 Å². The number of aliphatic hydroxyl groups is 1. The Bertz CT molecular complexity index is 1160. The molecular weight excluding hydrogens is 416 g/mol. The molecule has 1 N–H and O–H groups in total. The van der Waals surface area contributed by atoms with E-state index in [1.807, 2.05) is 6.07 Å². The summed E-state index contributed by atoms with van der Waals surface area (Å²) in [6, 6.07) is 18.1. The molecule has 0 saturated carbocycles. The lowest BCUT2D eigenvalue weighted by atomic mass is 9.95. The number of likely N-dealkylation sites (tertiary alicyclic amines) is 1. The van der Waals surface area contributed by atoms with Crippen molar-refractivity contribution in [3.63, 3.8) is 0 Å². The molecule has 0 bridgehead atoms. The Morgan fingerprint density at radius 3 is 2.52 bits per heavy atom. The normalized spacial score (nSPS) is 17.7. The van der Waals surface area contributed by atoms with E-state index in [0.29, 0.717) is 27.6 Å². The number of aliphatic hydroxyl groups excluding tert-OH is 1. The maximum atomic E-state index is 13.0. The first-order chi connectivity index (χ1) is 15.0. The van der Waals surface area contributed by atoms with E-state index < -0.39 is 17.7 Å². The fourth-order valence-electron chi connectivity index (χ4n) is 3.63. The highest BCUT2D eigenvalue weighted by Gasteiger charge is 2.46. The second kappa shape index (κ2) is 8.62. The molecule has 2 heterocycles. The number of amides is 1. The summed E-state index contributed by atoms with van der Waals surface area (Å²) in [6.07, 6.45) is 1.63. The molecule has 1 unspecified atom stereocenters. The summed E-state index contributed by atoms with van der Waals surface area (Å²) in [7, 11) is 1.56. The summed E-state index contributed by atoms with van der Waals surface area (Å²) in [5.74, 6) is -1.09. The van der Waals surface area contributed by atoms with E-state index in [-0.39, 0.29) is 17.9 Å². The SMILES string of the molecule is COc1ccc(C2/C(=C(/O)c3cccc(Cl)c3)C(=O)C(=O)N2Cc2ccccn2)cc1. The Hall–Kier alpha value is -3.64. The van der Waals surface area contributed by atoms with Crippen molar-refractivity contribution in [3.05, 3.63) is 100 Å². The summed E-state index contributed by atoms with van der Waals surface area (Å²) in [4.78, 5) is 31.7. The number of rotatable bonds is 5. The molecule has 7 heteroatoms. The molecule has 1 saturated heterocycles. The summed E-state index contributed by atoms with van der Waals surface area (Å²) < 4.78 is 5.22. The number of aromatic nitrogens is 1. The second-order valence-electron chi connectivity index (χ2n) is 7.03. The number of ketones is 1. The van der Waals surface area contributed by atoms with Gasteiger partial charge in [0.25, 0.3) is 11.7 Å². The van der Waals surface area contributed by atoms with Crippen LogP contribution in [0.3, 0.4) is 0 Å². The number of methoxy groups -OCH3 is 1. The zero-order chi connectivity index (χ0) is 22.0. The lowest BCUT2D eigenvalue weighted by Crippen LogP contribution is -2.29. The molecule has 31 heavy (non-hydrogen) atoms. The number of carbonyl (C=O) groups excluding carboxylic acids is 2. The van der Waals surface area contributed by atoms with E-state index in [2.05, 4.69) is 4.98 Å². The number of hydrogen-bond donors (Lipinski definition) is 1. The molecule has 0 spiro atoms. The molecule has 0 radical (unpaired) electrons. The predicted octanol–water partition coefficient (Wildman–Crippen LogP) is 4.37. The van der Waals surface area contributed by atoms with Gasteiger partial charge in [-0.25, -0.2) is 0 Å². The zero-order valence-corrected chi connectivity index (χ0v) is 17.4. The van der Waals surface area contributed by atoms with Crippen LogP contribution in [0.4, 0.5) is 0 Å².